The van der Waals surface area contributed by atoms with Crippen LogP contribution in [0.2, 0.25) is 0 Å². The number of halogens is 1. The molecule has 0 aliphatic carbocycles. The molecule has 1 aliphatic rings. The molecule has 3 rings (SSSR count). The van der Waals surface area contributed by atoms with Crippen LogP contribution in [0.5, 0.6) is 0 Å². The predicted octanol–water partition coefficient (Wildman–Crippen LogP) is 0.812. The first-order chi connectivity index (χ1) is 10.2. The summed E-state index contributed by atoms with van der Waals surface area (Å²) in [7, 11) is 0. The highest BCUT2D eigenvalue weighted by Gasteiger charge is 2.23. The number of aromatic nitrogens is 4. The molecule has 0 bridgehead atoms. The molecule has 1 fully saturated rings. The number of carbonyl (C=O) groups excluding carboxylic acids is 1. The van der Waals surface area contributed by atoms with E-state index in [0.717, 1.165) is 25.2 Å². The Hall–Kier alpha value is -1.99. The van der Waals surface area contributed by atoms with Gasteiger partial charge in [0.1, 0.15) is 6.33 Å². The molecule has 22 heavy (non-hydrogen) atoms. The fraction of sp³-hybridized carbons (Fsp3) is 0.429. The third kappa shape index (κ3) is 3.61. The number of hydrogen-bond donors (Lipinski definition) is 2. The first-order valence-electron chi connectivity index (χ1n) is 7.09. The molecule has 8 heteroatoms. The maximum Gasteiger partial charge on any atom is 0.251 e. The molecule has 2 N–H and O–H groups in total. The molecular weight excluding hydrogens is 304 g/mol. The summed E-state index contributed by atoms with van der Waals surface area (Å²) in [4.78, 5) is 12.4. The lowest BCUT2D eigenvalue weighted by Gasteiger charge is -2.30. The predicted molar refractivity (Wildman–Crippen MR) is 84.3 cm³/mol. The Morgan fingerprint density at radius 1 is 1.45 bits per heavy atom. The van der Waals surface area contributed by atoms with Crippen LogP contribution in [0.3, 0.4) is 0 Å². The Balaban J connectivity index is 0.00000176. The van der Waals surface area contributed by atoms with Crippen LogP contribution in [-0.2, 0) is 0 Å². The Morgan fingerprint density at radius 3 is 3.05 bits per heavy atom. The average molecular weight is 323 g/mol. The Morgan fingerprint density at radius 2 is 2.32 bits per heavy atom. The third-order valence-electron chi connectivity index (χ3n) is 3.82. The second-order valence-corrected chi connectivity index (χ2v) is 5.35. The van der Waals surface area contributed by atoms with Crippen LogP contribution in [0, 0.1) is 5.92 Å². The normalized spacial score (nSPS) is 21.0. The smallest absolute Gasteiger partial charge is 0.251 e. The summed E-state index contributed by atoms with van der Waals surface area (Å²) in [5.41, 5.74) is 1.39. The molecule has 2 unspecified atom stereocenters. The second-order valence-electron chi connectivity index (χ2n) is 5.35. The fourth-order valence-corrected chi connectivity index (χ4v) is 2.55. The van der Waals surface area contributed by atoms with Crippen LogP contribution in [0.15, 0.2) is 30.6 Å². The van der Waals surface area contributed by atoms with E-state index in [2.05, 4.69) is 33.1 Å². The van der Waals surface area contributed by atoms with Crippen molar-refractivity contribution in [2.24, 2.45) is 5.92 Å². The molecule has 0 spiro atoms. The minimum Gasteiger partial charge on any atom is -0.349 e. The van der Waals surface area contributed by atoms with E-state index in [1.54, 1.807) is 12.1 Å². The van der Waals surface area contributed by atoms with Crippen molar-refractivity contribution in [1.29, 1.82) is 0 Å². The molecule has 0 saturated carbocycles. The average Bonchev–Trinajstić information content (AvgIpc) is 3.04. The van der Waals surface area contributed by atoms with E-state index < -0.39 is 0 Å². The summed E-state index contributed by atoms with van der Waals surface area (Å²) in [5.74, 6) is 0.383. The van der Waals surface area contributed by atoms with E-state index in [-0.39, 0.29) is 24.4 Å². The van der Waals surface area contributed by atoms with Gasteiger partial charge in [0.05, 0.1) is 5.69 Å². The van der Waals surface area contributed by atoms with Crippen molar-refractivity contribution in [3.63, 3.8) is 0 Å². The van der Waals surface area contributed by atoms with Gasteiger partial charge >= 0.3 is 0 Å². The van der Waals surface area contributed by atoms with Gasteiger partial charge in [-0.1, -0.05) is 13.0 Å². The van der Waals surface area contributed by atoms with Crippen LogP contribution >= 0.6 is 12.4 Å². The number of tetrazole rings is 1. The van der Waals surface area contributed by atoms with Crippen LogP contribution in [0.1, 0.15) is 23.7 Å². The molecule has 1 saturated heterocycles. The van der Waals surface area contributed by atoms with Crippen LogP contribution in [0.4, 0.5) is 0 Å². The molecule has 118 valence electrons. The molecule has 2 heterocycles. The SMILES string of the molecule is CC1CNCCC1NC(=O)c1cccc(-n2cnnn2)c1.Cl. The Kier molecular flexibility index (Phi) is 5.46. The van der Waals surface area contributed by atoms with Gasteiger partial charge in [-0.05, 0) is 54.1 Å². The summed E-state index contributed by atoms with van der Waals surface area (Å²) in [6, 6.07) is 7.50. The fourth-order valence-electron chi connectivity index (χ4n) is 2.55. The van der Waals surface area contributed by atoms with E-state index in [1.165, 1.54) is 11.0 Å². The lowest BCUT2D eigenvalue weighted by molar-refractivity contribution is 0.0914. The maximum absolute atomic E-state index is 12.4. The van der Waals surface area contributed by atoms with Crippen molar-refractivity contribution < 1.29 is 4.79 Å². The van der Waals surface area contributed by atoms with Gasteiger partial charge in [-0.3, -0.25) is 4.79 Å². The summed E-state index contributed by atoms with van der Waals surface area (Å²) in [6.07, 6.45) is 2.46. The highest BCUT2D eigenvalue weighted by molar-refractivity contribution is 5.94. The van der Waals surface area contributed by atoms with Gasteiger partial charge in [-0.25, -0.2) is 4.68 Å². The van der Waals surface area contributed by atoms with Crippen molar-refractivity contribution in [2.45, 2.75) is 19.4 Å². The molecule has 1 aliphatic heterocycles. The molecule has 1 aromatic heterocycles. The third-order valence-corrected chi connectivity index (χ3v) is 3.82. The largest absolute Gasteiger partial charge is 0.349 e. The van der Waals surface area contributed by atoms with Crippen molar-refractivity contribution in [1.82, 2.24) is 30.8 Å². The Labute approximate surface area is 134 Å². The zero-order chi connectivity index (χ0) is 14.7. The number of piperidine rings is 1. The zero-order valence-corrected chi connectivity index (χ0v) is 13.1. The lowest BCUT2D eigenvalue weighted by Crippen LogP contribution is -2.48. The summed E-state index contributed by atoms with van der Waals surface area (Å²) in [6.45, 7) is 4.03. The van der Waals surface area contributed by atoms with E-state index in [0.29, 0.717) is 11.5 Å². The number of hydrogen-bond acceptors (Lipinski definition) is 5. The number of nitrogens with zero attached hydrogens (tertiary/aromatic N) is 4. The maximum atomic E-state index is 12.4. The minimum absolute atomic E-state index is 0. The van der Waals surface area contributed by atoms with Crippen molar-refractivity contribution >= 4 is 18.3 Å². The number of nitrogens with one attached hydrogen (secondary N) is 2. The monoisotopic (exact) mass is 322 g/mol. The van der Waals surface area contributed by atoms with E-state index >= 15 is 0 Å². The molecule has 2 aromatic rings. The summed E-state index contributed by atoms with van der Waals surface area (Å²) >= 11 is 0. The van der Waals surface area contributed by atoms with Gasteiger partial charge in [0.15, 0.2) is 0 Å². The number of benzene rings is 1. The zero-order valence-electron chi connectivity index (χ0n) is 12.3. The van der Waals surface area contributed by atoms with E-state index in [4.69, 9.17) is 0 Å². The van der Waals surface area contributed by atoms with Crippen LogP contribution in [-0.4, -0.2) is 45.2 Å². The van der Waals surface area contributed by atoms with Gasteiger partial charge in [-0.15, -0.1) is 17.5 Å². The Bertz CT molecular complexity index is 618. The number of carbonyl (C=O) groups is 1. The van der Waals surface area contributed by atoms with E-state index in [9.17, 15) is 4.79 Å². The molecule has 1 amide bonds. The van der Waals surface area contributed by atoms with Crippen LogP contribution in [0.25, 0.3) is 5.69 Å². The summed E-state index contributed by atoms with van der Waals surface area (Å²) < 4.78 is 1.53. The molecule has 1 aromatic carbocycles. The van der Waals surface area contributed by atoms with Gasteiger partial charge in [-0.2, -0.15) is 0 Å². The lowest BCUT2D eigenvalue weighted by atomic mass is 9.95. The molecule has 0 radical (unpaired) electrons. The highest BCUT2D eigenvalue weighted by Crippen LogP contribution is 2.13. The first kappa shape index (κ1) is 16.4. The van der Waals surface area contributed by atoms with E-state index in [1.807, 2.05) is 12.1 Å². The van der Waals surface area contributed by atoms with Crippen LogP contribution < -0.4 is 10.6 Å². The van der Waals surface area contributed by atoms with Gasteiger partial charge in [0, 0.05) is 11.6 Å². The molecule has 7 nitrogen and oxygen atoms in total. The van der Waals surface area contributed by atoms with Gasteiger partial charge in [0.25, 0.3) is 5.91 Å². The van der Waals surface area contributed by atoms with Gasteiger partial charge in [0.2, 0.25) is 0 Å². The standard InChI is InChI=1S/C14H18N6O.ClH/c1-10-8-15-6-5-13(10)17-14(21)11-3-2-4-12(7-11)20-9-16-18-19-20;/h2-4,7,9-10,13,15H,5-6,8H2,1H3,(H,17,21);1H. The van der Waals surface area contributed by atoms with Gasteiger partial charge < -0.3 is 10.6 Å². The topological polar surface area (TPSA) is 84.7 Å². The number of rotatable bonds is 3. The molecule has 2 atom stereocenters. The second kappa shape index (κ2) is 7.33. The van der Waals surface area contributed by atoms with Crippen molar-refractivity contribution in [3.8, 4) is 5.69 Å². The summed E-state index contributed by atoms with van der Waals surface area (Å²) in [5, 5.41) is 17.5. The minimum atomic E-state index is -0.0522. The first-order valence-corrected chi connectivity index (χ1v) is 7.09. The van der Waals surface area contributed by atoms with Crippen molar-refractivity contribution in [3.05, 3.63) is 36.2 Å². The quantitative estimate of drug-likeness (QED) is 0.873. The highest BCUT2D eigenvalue weighted by atomic mass is 35.5. The van der Waals surface area contributed by atoms with Crippen molar-refractivity contribution in [2.75, 3.05) is 13.1 Å². The molecular formula is C14H19ClN6O. The number of amides is 1.